The Hall–Kier alpha value is -1.94. The van der Waals surface area contributed by atoms with Crippen molar-refractivity contribution in [2.45, 2.75) is 38.2 Å². The van der Waals surface area contributed by atoms with Crippen LogP contribution in [0, 0.1) is 13.8 Å². The molecule has 4 heteroatoms. The van der Waals surface area contributed by atoms with Gasteiger partial charge in [0, 0.05) is 17.2 Å². The normalized spacial score (nSPS) is 11.8. The maximum absolute atomic E-state index is 12.3. The maximum Gasteiger partial charge on any atom is 0.261 e. The Morgan fingerprint density at radius 3 is 2.54 bits per heavy atom. The van der Waals surface area contributed by atoms with Gasteiger partial charge in [-0.3, -0.25) is 4.79 Å². The minimum absolute atomic E-state index is 0.0515. The standard InChI is InChI=1S/C20H25NO2S/c1-4-19(23-17-11-10-15(2)16(3)14-17)20(22)21-12-13-24-18-8-6-5-7-9-18/h5-11,14,19H,4,12-13H2,1-3H3,(H,21,22)/t19-/m1/s1. The van der Waals surface area contributed by atoms with E-state index in [4.69, 9.17) is 4.74 Å². The minimum atomic E-state index is -0.450. The number of hydrogen-bond acceptors (Lipinski definition) is 3. The molecular weight excluding hydrogens is 318 g/mol. The Morgan fingerprint density at radius 2 is 1.88 bits per heavy atom. The number of nitrogens with one attached hydrogen (secondary N) is 1. The van der Waals surface area contributed by atoms with E-state index in [9.17, 15) is 4.79 Å². The van der Waals surface area contributed by atoms with E-state index >= 15 is 0 Å². The fourth-order valence-corrected chi connectivity index (χ4v) is 3.04. The summed E-state index contributed by atoms with van der Waals surface area (Å²) in [4.78, 5) is 13.5. The highest BCUT2D eigenvalue weighted by Gasteiger charge is 2.18. The Bertz CT molecular complexity index is 658. The molecular formula is C20H25NO2S. The first-order chi connectivity index (χ1) is 11.6. The number of amides is 1. The number of carbonyl (C=O) groups is 1. The van der Waals surface area contributed by atoms with Crippen molar-refractivity contribution in [1.29, 1.82) is 0 Å². The monoisotopic (exact) mass is 343 g/mol. The van der Waals surface area contributed by atoms with Gasteiger partial charge in [0.05, 0.1) is 0 Å². The van der Waals surface area contributed by atoms with Crippen LogP contribution in [0.2, 0.25) is 0 Å². The molecule has 0 unspecified atom stereocenters. The predicted molar refractivity (Wildman–Crippen MR) is 101 cm³/mol. The van der Waals surface area contributed by atoms with Crippen molar-refractivity contribution < 1.29 is 9.53 Å². The van der Waals surface area contributed by atoms with Crippen molar-refractivity contribution in [3.05, 3.63) is 59.7 Å². The summed E-state index contributed by atoms with van der Waals surface area (Å²) in [5, 5.41) is 2.97. The van der Waals surface area contributed by atoms with E-state index in [1.165, 1.54) is 16.0 Å². The molecule has 0 radical (unpaired) electrons. The number of aryl methyl sites for hydroxylation is 2. The molecule has 0 bridgehead atoms. The second-order valence-electron chi connectivity index (χ2n) is 5.71. The van der Waals surface area contributed by atoms with Crippen LogP contribution in [-0.2, 0) is 4.79 Å². The molecule has 0 fully saturated rings. The van der Waals surface area contributed by atoms with Crippen molar-refractivity contribution >= 4 is 17.7 Å². The third-order valence-electron chi connectivity index (χ3n) is 3.83. The highest BCUT2D eigenvalue weighted by Crippen LogP contribution is 2.19. The van der Waals surface area contributed by atoms with Crippen LogP contribution in [0.5, 0.6) is 5.75 Å². The van der Waals surface area contributed by atoms with E-state index in [-0.39, 0.29) is 5.91 Å². The summed E-state index contributed by atoms with van der Waals surface area (Å²) in [5.41, 5.74) is 2.39. The van der Waals surface area contributed by atoms with E-state index in [1.54, 1.807) is 11.8 Å². The molecule has 0 aliphatic heterocycles. The van der Waals surface area contributed by atoms with Gasteiger partial charge in [0.15, 0.2) is 6.10 Å². The highest BCUT2D eigenvalue weighted by molar-refractivity contribution is 7.99. The summed E-state index contributed by atoms with van der Waals surface area (Å²) in [6.45, 7) is 6.70. The van der Waals surface area contributed by atoms with E-state index in [0.717, 1.165) is 11.5 Å². The van der Waals surface area contributed by atoms with Gasteiger partial charge < -0.3 is 10.1 Å². The van der Waals surface area contributed by atoms with Crippen LogP contribution in [0.3, 0.4) is 0 Å². The molecule has 1 atom stereocenters. The van der Waals surface area contributed by atoms with E-state index in [0.29, 0.717) is 13.0 Å². The lowest BCUT2D eigenvalue weighted by atomic mass is 10.1. The molecule has 0 saturated carbocycles. The van der Waals surface area contributed by atoms with Gasteiger partial charge in [-0.25, -0.2) is 0 Å². The Labute approximate surface area is 148 Å². The Morgan fingerprint density at radius 1 is 1.12 bits per heavy atom. The third kappa shape index (κ3) is 5.60. The zero-order chi connectivity index (χ0) is 17.4. The average molecular weight is 343 g/mol. The van der Waals surface area contributed by atoms with Crippen LogP contribution >= 0.6 is 11.8 Å². The first-order valence-electron chi connectivity index (χ1n) is 8.29. The lowest BCUT2D eigenvalue weighted by molar-refractivity contribution is -0.127. The molecule has 2 aromatic carbocycles. The lowest BCUT2D eigenvalue weighted by Gasteiger charge is -2.18. The number of carbonyl (C=O) groups excluding carboxylic acids is 1. The zero-order valence-electron chi connectivity index (χ0n) is 14.5. The second kappa shape index (κ2) is 9.38. The lowest BCUT2D eigenvalue weighted by Crippen LogP contribution is -2.39. The van der Waals surface area contributed by atoms with Crippen LogP contribution in [0.25, 0.3) is 0 Å². The summed E-state index contributed by atoms with van der Waals surface area (Å²) >= 11 is 1.73. The SMILES string of the molecule is CC[C@@H](Oc1ccc(C)c(C)c1)C(=O)NCCSc1ccccc1. The summed E-state index contributed by atoms with van der Waals surface area (Å²) in [6.07, 6.45) is 0.193. The molecule has 2 rings (SSSR count). The molecule has 0 aliphatic carbocycles. The maximum atomic E-state index is 12.3. The van der Waals surface area contributed by atoms with Crippen LogP contribution in [0.4, 0.5) is 0 Å². The molecule has 24 heavy (non-hydrogen) atoms. The highest BCUT2D eigenvalue weighted by atomic mass is 32.2. The fraction of sp³-hybridized carbons (Fsp3) is 0.350. The third-order valence-corrected chi connectivity index (χ3v) is 4.85. The van der Waals surface area contributed by atoms with E-state index < -0.39 is 6.10 Å². The van der Waals surface area contributed by atoms with Crippen LogP contribution < -0.4 is 10.1 Å². The number of hydrogen-bond donors (Lipinski definition) is 1. The topological polar surface area (TPSA) is 38.3 Å². The molecule has 0 saturated heterocycles. The quantitative estimate of drug-likeness (QED) is 0.571. The number of thioether (sulfide) groups is 1. The van der Waals surface area contributed by atoms with Gasteiger partial charge >= 0.3 is 0 Å². The van der Waals surface area contributed by atoms with Gasteiger partial charge in [-0.1, -0.05) is 31.2 Å². The number of ether oxygens (including phenoxy) is 1. The number of benzene rings is 2. The fourth-order valence-electron chi connectivity index (χ4n) is 2.25. The number of rotatable bonds is 8. The van der Waals surface area contributed by atoms with Gasteiger partial charge in [-0.15, -0.1) is 11.8 Å². The van der Waals surface area contributed by atoms with Crippen molar-refractivity contribution in [2.75, 3.05) is 12.3 Å². The Kier molecular flexibility index (Phi) is 7.19. The predicted octanol–water partition coefficient (Wildman–Crippen LogP) is 4.37. The van der Waals surface area contributed by atoms with Crippen molar-refractivity contribution in [1.82, 2.24) is 5.32 Å². The smallest absolute Gasteiger partial charge is 0.261 e. The summed E-state index contributed by atoms with van der Waals surface area (Å²) in [6, 6.07) is 16.1. The van der Waals surface area contributed by atoms with E-state index in [1.807, 2.05) is 50.2 Å². The average Bonchev–Trinajstić information content (AvgIpc) is 2.60. The van der Waals surface area contributed by atoms with Crippen LogP contribution in [-0.4, -0.2) is 24.3 Å². The van der Waals surface area contributed by atoms with Gasteiger partial charge in [0.2, 0.25) is 0 Å². The van der Waals surface area contributed by atoms with Crippen LogP contribution in [0.15, 0.2) is 53.4 Å². The molecule has 128 valence electrons. The molecule has 2 aromatic rings. The molecule has 1 N–H and O–H groups in total. The first-order valence-corrected chi connectivity index (χ1v) is 9.28. The summed E-state index contributed by atoms with van der Waals surface area (Å²) in [5.74, 6) is 1.54. The molecule has 1 amide bonds. The molecule has 0 aliphatic rings. The molecule has 0 heterocycles. The summed E-state index contributed by atoms with van der Waals surface area (Å²) in [7, 11) is 0. The summed E-state index contributed by atoms with van der Waals surface area (Å²) < 4.78 is 5.86. The van der Waals surface area contributed by atoms with Gasteiger partial charge in [0.1, 0.15) is 5.75 Å². The van der Waals surface area contributed by atoms with Crippen molar-refractivity contribution in [2.24, 2.45) is 0 Å². The molecule has 0 aromatic heterocycles. The zero-order valence-corrected chi connectivity index (χ0v) is 15.4. The van der Waals surface area contributed by atoms with Gasteiger partial charge in [-0.2, -0.15) is 0 Å². The van der Waals surface area contributed by atoms with Gasteiger partial charge in [-0.05, 0) is 55.7 Å². The molecule has 3 nitrogen and oxygen atoms in total. The Balaban J connectivity index is 1.79. The largest absolute Gasteiger partial charge is 0.481 e. The van der Waals surface area contributed by atoms with Gasteiger partial charge in [0.25, 0.3) is 5.91 Å². The van der Waals surface area contributed by atoms with Crippen molar-refractivity contribution in [3.63, 3.8) is 0 Å². The van der Waals surface area contributed by atoms with E-state index in [2.05, 4.69) is 24.4 Å². The second-order valence-corrected chi connectivity index (χ2v) is 6.88. The minimum Gasteiger partial charge on any atom is -0.481 e. The van der Waals surface area contributed by atoms with Crippen molar-refractivity contribution in [3.8, 4) is 5.75 Å². The van der Waals surface area contributed by atoms with Crippen LogP contribution in [0.1, 0.15) is 24.5 Å². The molecule has 0 spiro atoms. The first kappa shape index (κ1) is 18.4.